The zero-order valence-electron chi connectivity index (χ0n) is 10.8. The Morgan fingerprint density at radius 3 is 2.00 bits per heavy atom. The third-order valence-electron chi connectivity index (χ3n) is 2.89. The Balaban J connectivity index is 2.57. The van der Waals surface area contributed by atoms with Gasteiger partial charge in [-0.1, -0.05) is 0 Å². The van der Waals surface area contributed by atoms with Crippen molar-refractivity contribution < 1.29 is 23.1 Å². The molecular formula is C11H19F3N2O2. The molecule has 0 aromatic carbocycles. The van der Waals surface area contributed by atoms with E-state index in [4.69, 9.17) is 0 Å². The number of nitrogens with zero attached hydrogens (tertiary/aromatic N) is 1. The highest BCUT2D eigenvalue weighted by molar-refractivity contribution is 5.75. The smallest absolute Gasteiger partial charge is 0.380 e. The van der Waals surface area contributed by atoms with Crippen LogP contribution in [0.15, 0.2) is 0 Å². The van der Waals surface area contributed by atoms with Gasteiger partial charge in [-0.25, -0.2) is 4.79 Å². The average Bonchev–Trinajstić information content (AvgIpc) is 2.14. The van der Waals surface area contributed by atoms with Crippen LogP contribution in [0.25, 0.3) is 0 Å². The lowest BCUT2D eigenvalue weighted by atomic mass is 9.91. The minimum Gasteiger partial charge on any atom is -0.380 e. The molecule has 0 spiro atoms. The number of aliphatic hydroxyl groups is 1. The van der Waals surface area contributed by atoms with Crippen molar-refractivity contribution in [3.63, 3.8) is 0 Å². The molecule has 0 atom stereocenters. The van der Waals surface area contributed by atoms with Crippen molar-refractivity contribution in [2.24, 2.45) is 0 Å². The molecule has 0 aliphatic carbocycles. The van der Waals surface area contributed by atoms with Crippen molar-refractivity contribution in [2.75, 3.05) is 13.1 Å². The quantitative estimate of drug-likeness (QED) is 0.705. The van der Waals surface area contributed by atoms with E-state index in [1.54, 1.807) is 20.8 Å². The van der Waals surface area contributed by atoms with Gasteiger partial charge in [0.1, 0.15) is 0 Å². The molecule has 0 aromatic rings. The highest BCUT2D eigenvalue weighted by atomic mass is 19.4. The first-order chi connectivity index (χ1) is 7.95. The van der Waals surface area contributed by atoms with Gasteiger partial charge >= 0.3 is 12.2 Å². The van der Waals surface area contributed by atoms with Crippen LogP contribution in [0.3, 0.4) is 0 Å². The summed E-state index contributed by atoms with van der Waals surface area (Å²) in [6, 6.07) is -0.397. The van der Waals surface area contributed by atoms with Gasteiger partial charge in [-0.15, -0.1) is 0 Å². The Morgan fingerprint density at radius 2 is 1.67 bits per heavy atom. The van der Waals surface area contributed by atoms with Gasteiger partial charge in [-0.3, -0.25) is 0 Å². The number of rotatable bonds is 0. The molecule has 0 saturated carbocycles. The van der Waals surface area contributed by atoms with Crippen LogP contribution < -0.4 is 5.32 Å². The monoisotopic (exact) mass is 268 g/mol. The Kier molecular flexibility index (Phi) is 3.86. The van der Waals surface area contributed by atoms with E-state index in [1.165, 1.54) is 4.90 Å². The first kappa shape index (κ1) is 15.1. The van der Waals surface area contributed by atoms with Crippen LogP contribution in [0.5, 0.6) is 0 Å². The van der Waals surface area contributed by atoms with Crippen molar-refractivity contribution in [1.82, 2.24) is 10.2 Å². The summed E-state index contributed by atoms with van der Waals surface area (Å²) in [4.78, 5) is 13.0. The van der Waals surface area contributed by atoms with Crippen LogP contribution in [0.2, 0.25) is 0 Å². The van der Waals surface area contributed by atoms with Crippen molar-refractivity contribution in [3.8, 4) is 0 Å². The maximum atomic E-state index is 12.6. The molecule has 0 aromatic heterocycles. The van der Waals surface area contributed by atoms with E-state index in [0.717, 1.165) is 0 Å². The van der Waals surface area contributed by atoms with Crippen molar-refractivity contribution in [3.05, 3.63) is 0 Å². The molecule has 1 aliphatic rings. The van der Waals surface area contributed by atoms with Gasteiger partial charge < -0.3 is 15.3 Å². The van der Waals surface area contributed by atoms with Crippen molar-refractivity contribution in [2.45, 2.75) is 50.9 Å². The standard InChI is InChI=1S/C11H19F3N2O2/c1-9(2,3)15-8(17)16-6-4-10(18,5-7-16)11(12,13)14/h18H,4-7H2,1-3H3,(H,15,17). The summed E-state index contributed by atoms with van der Waals surface area (Å²) in [6.45, 7) is 5.18. The van der Waals surface area contributed by atoms with Crippen molar-refractivity contribution in [1.29, 1.82) is 0 Å². The number of urea groups is 1. The fourth-order valence-corrected chi connectivity index (χ4v) is 1.76. The summed E-state index contributed by atoms with van der Waals surface area (Å²) in [6.07, 6.45) is -5.60. The Labute approximate surface area is 104 Å². The van der Waals surface area contributed by atoms with Crippen LogP contribution in [-0.4, -0.2) is 46.4 Å². The van der Waals surface area contributed by atoms with E-state index in [0.29, 0.717) is 0 Å². The lowest BCUT2D eigenvalue weighted by Gasteiger charge is -2.39. The van der Waals surface area contributed by atoms with E-state index in [1.807, 2.05) is 0 Å². The number of nitrogens with one attached hydrogen (secondary N) is 1. The minimum atomic E-state index is -4.64. The highest BCUT2D eigenvalue weighted by Gasteiger charge is 2.54. The van der Waals surface area contributed by atoms with Gasteiger partial charge in [-0.2, -0.15) is 13.2 Å². The van der Waals surface area contributed by atoms with Gasteiger partial charge in [0.25, 0.3) is 0 Å². The second kappa shape index (κ2) is 4.60. The Morgan fingerprint density at radius 1 is 1.22 bits per heavy atom. The van der Waals surface area contributed by atoms with E-state index in [-0.39, 0.29) is 13.1 Å². The predicted molar refractivity (Wildman–Crippen MR) is 60.1 cm³/mol. The molecular weight excluding hydrogens is 249 g/mol. The van der Waals surface area contributed by atoms with Gasteiger partial charge in [0.15, 0.2) is 5.60 Å². The van der Waals surface area contributed by atoms with Crippen LogP contribution in [0.1, 0.15) is 33.6 Å². The summed E-state index contributed by atoms with van der Waals surface area (Å²) in [7, 11) is 0. The molecule has 0 bridgehead atoms. The van der Waals surface area contributed by atoms with Gasteiger partial charge in [0, 0.05) is 31.5 Å². The number of halogens is 3. The van der Waals surface area contributed by atoms with E-state index in [2.05, 4.69) is 5.32 Å². The average molecular weight is 268 g/mol. The molecule has 1 heterocycles. The fourth-order valence-electron chi connectivity index (χ4n) is 1.76. The summed E-state index contributed by atoms with van der Waals surface area (Å²) in [5.74, 6) is 0. The molecule has 0 unspecified atom stereocenters. The molecule has 1 saturated heterocycles. The van der Waals surface area contributed by atoms with Crippen LogP contribution >= 0.6 is 0 Å². The largest absolute Gasteiger partial charge is 0.417 e. The van der Waals surface area contributed by atoms with E-state index >= 15 is 0 Å². The minimum absolute atomic E-state index is 0.0993. The molecule has 2 amide bonds. The number of piperidine rings is 1. The maximum absolute atomic E-state index is 12.6. The number of likely N-dealkylation sites (tertiary alicyclic amines) is 1. The van der Waals surface area contributed by atoms with E-state index in [9.17, 15) is 23.1 Å². The molecule has 0 radical (unpaired) electrons. The van der Waals surface area contributed by atoms with Crippen LogP contribution in [0, 0.1) is 0 Å². The number of amides is 2. The SMILES string of the molecule is CC(C)(C)NC(=O)N1CCC(O)(C(F)(F)F)CC1. The molecule has 2 N–H and O–H groups in total. The molecule has 1 aliphatic heterocycles. The number of hydrogen-bond acceptors (Lipinski definition) is 2. The third-order valence-corrected chi connectivity index (χ3v) is 2.89. The summed E-state index contributed by atoms with van der Waals surface area (Å²) in [5.41, 5.74) is -3.10. The summed E-state index contributed by atoms with van der Waals surface area (Å²) in [5, 5.41) is 12.1. The number of carbonyl (C=O) groups is 1. The summed E-state index contributed by atoms with van der Waals surface area (Å²) >= 11 is 0. The first-order valence-electron chi connectivity index (χ1n) is 5.81. The molecule has 106 valence electrons. The molecule has 4 nitrogen and oxygen atoms in total. The Hall–Kier alpha value is -0.980. The number of alkyl halides is 3. The Bertz CT molecular complexity index is 315. The highest BCUT2D eigenvalue weighted by Crippen LogP contribution is 2.38. The zero-order chi connectivity index (χ0) is 14.2. The lowest BCUT2D eigenvalue weighted by molar-refractivity contribution is -0.271. The van der Waals surface area contributed by atoms with Crippen LogP contribution in [-0.2, 0) is 0 Å². The van der Waals surface area contributed by atoms with Crippen LogP contribution in [0.4, 0.5) is 18.0 Å². The topological polar surface area (TPSA) is 52.6 Å². The van der Waals surface area contributed by atoms with Gasteiger partial charge in [0.2, 0.25) is 0 Å². The van der Waals surface area contributed by atoms with Crippen molar-refractivity contribution >= 4 is 6.03 Å². The van der Waals surface area contributed by atoms with E-state index < -0.39 is 36.2 Å². The fraction of sp³-hybridized carbons (Fsp3) is 0.909. The molecule has 1 fully saturated rings. The summed E-state index contributed by atoms with van der Waals surface area (Å²) < 4.78 is 37.7. The molecule has 18 heavy (non-hydrogen) atoms. The predicted octanol–water partition coefficient (Wildman–Crippen LogP) is 1.88. The maximum Gasteiger partial charge on any atom is 0.417 e. The second-order valence-electron chi connectivity index (χ2n) is 5.70. The second-order valence-corrected chi connectivity index (χ2v) is 5.70. The normalized spacial score (nSPS) is 20.7. The number of carbonyl (C=O) groups excluding carboxylic acids is 1. The first-order valence-corrected chi connectivity index (χ1v) is 5.81. The van der Waals surface area contributed by atoms with Gasteiger partial charge in [0.05, 0.1) is 0 Å². The van der Waals surface area contributed by atoms with Gasteiger partial charge in [-0.05, 0) is 20.8 Å². The molecule has 1 rings (SSSR count). The third kappa shape index (κ3) is 3.51. The lowest BCUT2D eigenvalue weighted by Crippen LogP contribution is -2.57. The molecule has 7 heteroatoms. The zero-order valence-corrected chi connectivity index (χ0v) is 10.8. The number of hydrogen-bond donors (Lipinski definition) is 2.